The fourth-order valence-corrected chi connectivity index (χ4v) is 2.07. The van der Waals surface area contributed by atoms with Gasteiger partial charge in [-0.3, -0.25) is 0 Å². The Morgan fingerprint density at radius 2 is 2.17 bits per heavy atom. The number of likely N-dealkylation sites (N-methyl/N-ethyl adjacent to an activating group) is 1. The van der Waals surface area contributed by atoms with Gasteiger partial charge in [-0.1, -0.05) is 35.5 Å². The monoisotopic (exact) mass is 334 g/mol. The SMILES string of the molecule is COCCc1nc(CNC(=O)N(C)CC(O)c2ccccc2)no1. The Morgan fingerprint density at radius 1 is 1.42 bits per heavy atom. The third-order valence-electron chi connectivity index (χ3n) is 3.41. The van der Waals surface area contributed by atoms with Gasteiger partial charge in [0.2, 0.25) is 5.89 Å². The largest absolute Gasteiger partial charge is 0.387 e. The van der Waals surface area contributed by atoms with Gasteiger partial charge in [-0.25, -0.2) is 4.79 Å². The number of benzene rings is 1. The number of aromatic nitrogens is 2. The summed E-state index contributed by atoms with van der Waals surface area (Å²) in [6.07, 6.45) is -0.214. The number of hydrogen-bond donors (Lipinski definition) is 2. The Morgan fingerprint density at radius 3 is 2.88 bits per heavy atom. The van der Waals surface area contributed by atoms with E-state index in [-0.39, 0.29) is 19.1 Å². The van der Waals surface area contributed by atoms with Crippen molar-refractivity contribution in [2.24, 2.45) is 0 Å². The van der Waals surface area contributed by atoms with Crippen molar-refractivity contribution in [1.82, 2.24) is 20.4 Å². The smallest absolute Gasteiger partial charge is 0.317 e. The lowest BCUT2D eigenvalue weighted by Gasteiger charge is -2.21. The third-order valence-corrected chi connectivity index (χ3v) is 3.41. The molecule has 0 aliphatic rings. The van der Waals surface area contributed by atoms with E-state index in [0.717, 1.165) is 5.56 Å². The number of methoxy groups -OCH3 is 1. The van der Waals surface area contributed by atoms with E-state index in [9.17, 15) is 9.90 Å². The molecule has 2 rings (SSSR count). The lowest BCUT2D eigenvalue weighted by atomic mass is 10.1. The summed E-state index contributed by atoms with van der Waals surface area (Å²) in [6.45, 7) is 0.830. The zero-order valence-corrected chi connectivity index (χ0v) is 13.8. The van der Waals surface area contributed by atoms with Crippen LogP contribution in [-0.4, -0.2) is 53.5 Å². The summed E-state index contributed by atoms with van der Waals surface area (Å²) in [6, 6.07) is 8.87. The summed E-state index contributed by atoms with van der Waals surface area (Å²) in [5.41, 5.74) is 0.762. The molecule has 2 aromatic rings. The van der Waals surface area contributed by atoms with Crippen LogP contribution in [0.15, 0.2) is 34.9 Å². The molecular formula is C16H22N4O4. The molecule has 0 saturated carbocycles. The van der Waals surface area contributed by atoms with Crippen molar-refractivity contribution in [3.63, 3.8) is 0 Å². The van der Waals surface area contributed by atoms with Crippen LogP contribution in [0.4, 0.5) is 4.79 Å². The zero-order valence-electron chi connectivity index (χ0n) is 13.8. The molecular weight excluding hydrogens is 312 g/mol. The van der Waals surface area contributed by atoms with Gasteiger partial charge >= 0.3 is 6.03 Å². The molecule has 8 heteroatoms. The standard InChI is InChI=1S/C16H22N4O4/c1-20(11-13(21)12-6-4-3-5-7-12)16(22)17-10-14-18-15(24-19-14)8-9-23-2/h3-7,13,21H,8-11H2,1-2H3,(H,17,22). The predicted octanol–water partition coefficient (Wildman–Crippen LogP) is 1.13. The fourth-order valence-electron chi connectivity index (χ4n) is 2.07. The molecule has 1 aromatic heterocycles. The summed E-state index contributed by atoms with van der Waals surface area (Å²) >= 11 is 0. The van der Waals surface area contributed by atoms with Gasteiger partial charge in [0.25, 0.3) is 0 Å². The Kier molecular flexibility index (Phi) is 6.71. The van der Waals surface area contributed by atoms with Crippen LogP contribution in [0.5, 0.6) is 0 Å². The average molecular weight is 334 g/mol. The molecule has 0 saturated heterocycles. The van der Waals surface area contributed by atoms with E-state index in [2.05, 4.69) is 15.5 Å². The molecule has 0 fully saturated rings. The highest BCUT2D eigenvalue weighted by Crippen LogP contribution is 2.12. The normalized spacial score (nSPS) is 12.0. The highest BCUT2D eigenvalue weighted by atomic mass is 16.5. The average Bonchev–Trinajstić information content (AvgIpc) is 3.06. The quantitative estimate of drug-likeness (QED) is 0.751. The molecule has 0 aliphatic heterocycles. The van der Waals surface area contributed by atoms with Gasteiger partial charge in [0.1, 0.15) is 0 Å². The number of amides is 2. The van der Waals surface area contributed by atoms with Crippen molar-refractivity contribution in [2.45, 2.75) is 19.1 Å². The second-order valence-electron chi connectivity index (χ2n) is 5.31. The van der Waals surface area contributed by atoms with Crippen LogP contribution in [0.3, 0.4) is 0 Å². The van der Waals surface area contributed by atoms with Crippen LogP contribution in [-0.2, 0) is 17.7 Å². The molecule has 1 unspecified atom stereocenters. The van der Waals surface area contributed by atoms with E-state index in [0.29, 0.717) is 24.7 Å². The molecule has 1 heterocycles. The van der Waals surface area contributed by atoms with Crippen LogP contribution < -0.4 is 5.32 Å². The number of nitrogens with zero attached hydrogens (tertiary/aromatic N) is 3. The molecule has 0 radical (unpaired) electrons. The first-order chi connectivity index (χ1) is 11.6. The number of nitrogens with one attached hydrogen (secondary N) is 1. The Hall–Kier alpha value is -2.45. The maximum atomic E-state index is 12.1. The molecule has 0 spiro atoms. The topological polar surface area (TPSA) is 101 Å². The molecule has 130 valence electrons. The molecule has 8 nitrogen and oxygen atoms in total. The number of ether oxygens (including phenoxy) is 1. The minimum absolute atomic E-state index is 0.154. The van der Waals surface area contributed by atoms with Crippen molar-refractivity contribution in [1.29, 1.82) is 0 Å². The van der Waals surface area contributed by atoms with Gasteiger partial charge < -0.3 is 24.6 Å². The second kappa shape index (κ2) is 8.99. The zero-order chi connectivity index (χ0) is 17.4. The van der Waals surface area contributed by atoms with Crippen molar-refractivity contribution in [2.75, 3.05) is 27.3 Å². The van der Waals surface area contributed by atoms with Gasteiger partial charge in [-0.2, -0.15) is 4.98 Å². The summed E-state index contributed by atoms with van der Waals surface area (Å²) in [5, 5.41) is 16.6. The van der Waals surface area contributed by atoms with Crippen LogP contribution in [0.2, 0.25) is 0 Å². The van der Waals surface area contributed by atoms with Gasteiger partial charge in [-0.05, 0) is 5.56 Å². The number of carbonyl (C=O) groups is 1. The van der Waals surface area contributed by atoms with E-state index in [4.69, 9.17) is 9.26 Å². The number of urea groups is 1. The van der Waals surface area contributed by atoms with E-state index < -0.39 is 6.10 Å². The van der Waals surface area contributed by atoms with E-state index in [1.54, 1.807) is 14.2 Å². The predicted molar refractivity (Wildman–Crippen MR) is 86.1 cm³/mol. The van der Waals surface area contributed by atoms with Crippen LogP contribution in [0.25, 0.3) is 0 Å². The Balaban J connectivity index is 1.78. The lowest BCUT2D eigenvalue weighted by Crippen LogP contribution is -2.39. The maximum Gasteiger partial charge on any atom is 0.317 e. The van der Waals surface area contributed by atoms with Crippen LogP contribution in [0.1, 0.15) is 23.4 Å². The van der Waals surface area contributed by atoms with E-state index in [1.165, 1.54) is 4.90 Å². The van der Waals surface area contributed by atoms with E-state index >= 15 is 0 Å². The number of hydrogen-bond acceptors (Lipinski definition) is 6. The van der Waals surface area contributed by atoms with Crippen molar-refractivity contribution < 1.29 is 19.2 Å². The van der Waals surface area contributed by atoms with Crippen molar-refractivity contribution in [3.8, 4) is 0 Å². The summed E-state index contributed by atoms with van der Waals surface area (Å²) < 4.78 is 9.97. The lowest BCUT2D eigenvalue weighted by molar-refractivity contribution is 0.131. The van der Waals surface area contributed by atoms with Crippen LogP contribution >= 0.6 is 0 Å². The maximum absolute atomic E-state index is 12.1. The Labute approximate surface area is 140 Å². The molecule has 2 amide bonds. The summed E-state index contributed by atoms with van der Waals surface area (Å²) in [4.78, 5) is 17.6. The highest BCUT2D eigenvalue weighted by molar-refractivity contribution is 5.73. The first-order valence-corrected chi connectivity index (χ1v) is 7.62. The number of rotatable bonds is 8. The first-order valence-electron chi connectivity index (χ1n) is 7.62. The molecule has 0 bridgehead atoms. The second-order valence-corrected chi connectivity index (χ2v) is 5.31. The van der Waals surface area contributed by atoms with Gasteiger partial charge in [0.15, 0.2) is 5.82 Å². The number of aliphatic hydroxyl groups excluding tert-OH is 1. The molecule has 1 atom stereocenters. The Bertz CT molecular complexity index is 632. The summed E-state index contributed by atoms with van der Waals surface area (Å²) in [5.74, 6) is 0.861. The molecule has 24 heavy (non-hydrogen) atoms. The minimum Gasteiger partial charge on any atom is -0.387 e. The van der Waals surface area contributed by atoms with Crippen LogP contribution in [0, 0.1) is 0 Å². The van der Waals surface area contributed by atoms with E-state index in [1.807, 2.05) is 30.3 Å². The molecule has 2 N–H and O–H groups in total. The van der Waals surface area contributed by atoms with Crippen molar-refractivity contribution >= 4 is 6.03 Å². The molecule has 1 aromatic carbocycles. The minimum atomic E-state index is -0.743. The van der Waals surface area contributed by atoms with Gasteiger partial charge in [0, 0.05) is 14.2 Å². The summed E-state index contributed by atoms with van der Waals surface area (Å²) in [7, 11) is 3.21. The highest BCUT2D eigenvalue weighted by Gasteiger charge is 2.15. The molecule has 0 aliphatic carbocycles. The van der Waals surface area contributed by atoms with Crippen molar-refractivity contribution in [3.05, 3.63) is 47.6 Å². The third kappa shape index (κ3) is 5.32. The number of aliphatic hydroxyl groups is 1. The first kappa shape index (κ1) is 17.9. The number of carbonyl (C=O) groups excluding carboxylic acids is 1. The van der Waals surface area contributed by atoms with Gasteiger partial charge in [0.05, 0.1) is 32.2 Å². The van der Waals surface area contributed by atoms with Gasteiger partial charge in [-0.15, -0.1) is 0 Å². The fraction of sp³-hybridized carbons (Fsp3) is 0.438.